The number of aromatic nitrogens is 1. The van der Waals surface area contributed by atoms with Gasteiger partial charge in [-0.3, -0.25) is 5.32 Å². The first-order valence-electron chi connectivity index (χ1n) is 19.7. The van der Waals surface area contributed by atoms with Crippen molar-refractivity contribution in [2.75, 3.05) is 0 Å². The minimum Gasteiger partial charge on any atom is -0.460 e. The second-order valence-electron chi connectivity index (χ2n) is 15.0. The summed E-state index contributed by atoms with van der Waals surface area (Å²) >= 11 is 0. The number of allylic oxidation sites excluding steroid dienone is 1. The molecule has 2 unspecified atom stereocenters. The number of hydrogen-bond donors (Lipinski definition) is 2. The van der Waals surface area contributed by atoms with Crippen molar-refractivity contribution in [1.29, 1.82) is 0 Å². The van der Waals surface area contributed by atoms with Crippen LogP contribution in [0.1, 0.15) is 52.3 Å². The Balaban J connectivity index is 0.973. The highest BCUT2D eigenvalue weighted by atomic mass is 16.3. The van der Waals surface area contributed by atoms with E-state index in [9.17, 15) is 0 Å². The maximum atomic E-state index is 7.06. The van der Waals surface area contributed by atoms with Crippen molar-refractivity contribution in [2.45, 2.75) is 25.2 Å². The van der Waals surface area contributed by atoms with E-state index in [4.69, 9.17) is 13.8 Å². The highest BCUT2D eigenvalue weighted by Gasteiger charge is 2.29. The van der Waals surface area contributed by atoms with Crippen LogP contribution in [0.3, 0.4) is 0 Å². The first-order chi connectivity index (χ1) is 28.3. The van der Waals surface area contributed by atoms with Gasteiger partial charge in [-0.05, 0) is 47.4 Å². The summed E-state index contributed by atoms with van der Waals surface area (Å²) in [5.41, 5.74) is 12.6. The summed E-state index contributed by atoms with van der Waals surface area (Å²) in [5.74, 6) is 1.87. The fourth-order valence-corrected chi connectivity index (χ4v) is 9.16. The first kappa shape index (κ1) is 32.1. The molecule has 12 rings (SSSR count). The van der Waals surface area contributed by atoms with E-state index in [1.54, 1.807) is 0 Å². The van der Waals surface area contributed by atoms with Gasteiger partial charge in [0.15, 0.2) is 5.58 Å². The van der Waals surface area contributed by atoms with Gasteiger partial charge in [0, 0.05) is 50.0 Å². The van der Waals surface area contributed by atoms with E-state index in [-0.39, 0.29) is 12.3 Å². The van der Waals surface area contributed by atoms with Crippen molar-refractivity contribution in [3.05, 3.63) is 203 Å². The minimum atomic E-state index is -0.277. The lowest BCUT2D eigenvalue weighted by molar-refractivity contribution is 0.409. The topological polar surface area (TPSA) is 67.6 Å². The molecule has 2 aliphatic rings. The number of nitrogens with one attached hydrogen (secondary N) is 2. The number of aryl methyl sites for hydroxylation is 1. The molecule has 4 heterocycles. The molecule has 10 aromatic rings. The third-order valence-electron chi connectivity index (χ3n) is 11.8. The zero-order valence-corrected chi connectivity index (χ0v) is 30.9. The molecule has 0 bridgehead atoms. The van der Waals surface area contributed by atoms with E-state index in [1.165, 1.54) is 10.8 Å². The lowest BCUT2D eigenvalue weighted by Gasteiger charge is -2.32. The summed E-state index contributed by atoms with van der Waals surface area (Å²) in [6.07, 6.45) is 3.70. The highest BCUT2D eigenvalue weighted by Crippen LogP contribution is 2.45. The average molecular weight is 737 g/mol. The van der Waals surface area contributed by atoms with Crippen molar-refractivity contribution in [2.24, 2.45) is 4.99 Å². The predicted molar refractivity (Wildman–Crippen MR) is 231 cm³/mol. The van der Waals surface area contributed by atoms with Crippen LogP contribution in [-0.4, -0.2) is 10.4 Å². The van der Waals surface area contributed by atoms with Gasteiger partial charge in [0.05, 0.1) is 16.7 Å². The fourth-order valence-electron chi connectivity index (χ4n) is 9.16. The Kier molecular flexibility index (Phi) is 7.16. The minimum absolute atomic E-state index is 0.112. The molecule has 7 aromatic carbocycles. The summed E-state index contributed by atoms with van der Waals surface area (Å²) in [6.45, 7) is 0. The van der Waals surface area contributed by atoms with Gasteiger partial charge >= 0.3 is 0 Å². The Bertz CT molecular complexity index is 3210. The number of nitrogens with zero attached hydrogens (tertiary/aromatic N) is 2. The molecule has 0 amide bonds. The van der Waals surface area contributed by atoms with Gasteiger partial charge in [0.1, 0.15) is 35.1 Å². The Morgan fingerprint density at radius 3 is 2.05 bits per heavy atom. The zero-order valence-electron chi connectivity index (χ0n) is 30.9. The Hall–Kier alpha value is -7.15. The standard InChI is InChI=1S/C51H36N4O2/c1-3-14-31(15-4-1)49-52-50(32-16-5-2-6-17-32)54-51(53-49)33-28-29-40-45(30-33)56-44-27-13-20-36(46(40)44)37-21-11-22-38-39-23-12-26-43(48(39)57-47(37)38)55-41-24-9-7-18-34(41)35-19-8-10-25-42(35)55/h1-12,14-26,28-30,49,51,53H,13,27H2,(H,52,54). The van der Waals surface area contributed by atoms with Crippen LogP contribution in [0.25, 0.3) is 66.0 Å². The van der Waals surface area contributed by atoms with Gasteiger partial charge in [-0.15, -0.1) is 0 Å². The normalized spacial score (nSPS) is 16.9. The van der Waals surface area contributed by atoms with Crippen LogP contribution in [0.4, 0.5) is 0 Å². The van der Waals surface area contributed by atoms with Gasteiger partial charge in [-0.2, -0.15) is 0 Å². The molecule has 3 aromatic heterocycles. The number of fused-ring (bicyclic) bond motifs is 9. The van der Waals surface area contributed by atoms with E-state index >= 15 is 0 Å². The Labute approximate surface area is 328 Å². The number of para-hydroxylation sites is 4. The number of hydrogen-bond acceptors (Lipinski definition) is 5. The SMILES string of the molecule is C1=C(c2cccc3c2oc2c(-n4c5ccccc5c5ccccc54)cccc23)c2c(oc3cc(C4N=C(c5ccccc5)NC(c5ccccc5)N4)ccc23)CC1. The molecule has 0 fully saturated rings. The van der Waals surface area contributed by atoms with Gasteiger partial charge in [-0.1, -0.05) is 146 Å². The van der Waals surface area contributed by atoms with E-state index in [0.717, 1.165) is 107 Å². The van der Waals surface area contributed by atoms with Crippen LogP contribution in [0.2, 0.25) is 0 Å². The molecule has 6 nitrogen and oxygen atoms in total. The van der Waals surface area contributed by atoms with Crippen LogP contribution in [0.5, 0.6) is 0 Å². The van der Waals surface area contributed by atoms with Crippen molar-refractivity contribution >= 4 is 66.1 Å². The maximum Gasteiger partial charge on any atom is 0.159 e. The number of furan rings is 2. The third-order valence-corrected chi connectivity index (χ3v) is 11.8. The molecule has 0 spiro atoms. The molecule has 1 aliphatic carbocycles. The van der Waals surface area contributed by atoms with E-state index in [2.05, 4.69) is 173 Å². The smallest absolute Gasteiger partial charge is 0.159 e. The van der Waals surface area contributed by atoms with Crippen LogP contribution < -0.4 is 10.6 Å². The molecule has 2 atom stereocenters. The number of rotatable bonds is 5. The molecule has 2 N–H and O–H groups in total. The molecular weight excluding hydrogens is 701 g/mol. The van der Waals surface area contributed by atoms with E-state index in [1.807, 2.05) is 12.1 Å². The van der Waals surface area contributed by atoms with Crippen molar-refractivity contribution < 1.29 is 8.83 Å². The summed E-state index contributed by atoms with van der Waals surface area (Å²) in [4.78, 5) is 5.19. The summed E-state index contributed by atoms with van der Waals surface area (Å²) in [6, 6.07) is 57.7. The van der Waals surface area contributed by atoms with Crippen LogP contribution in [0, 0.1) is 0 Å². The van der Waals surface area contributed by atoms with E-state index < -0.39 is 0 Å². The third kappa shape index (κ3) is 5.04. The number of aliphatic imine (C=N–C) groups is 1. The summed E-state index contributed by atoms with van der Waals surface area (Å²) < 4.78 is 16.2. The molecule has 0 radical (unpaired) electrons. The monoisotopic (exact) mass is 736 g/mol. The predicted octanol–water partition coefficient (Wildman–Crippen LogP) is 12.1. The zero-order chi connectivity index (χ0) is 37.5. The molecule has 0 saturated carbocycles. The van der Waals surface area contributed by atoms with Crippen molar-refractivity contribution in [3.63, 3.8) is 0 Å². The fraction of sp³-hybridized carbons (Fsp3) is 0.0784. The Morgan fingerprint density at radius 1 is 0.579 bits per heavy atom. The maximum absolute atomic E-state index is 7.06. The second-order valence-corrected chi connectivity index (χ2v) is 15.0. The largest absolute Gasteiger partial charge is 0.460 e. The Morgan fingerprint density at radius 2 is 1.26 bits per heavy atom. The molecule has 0 saturated heterocycles. The average Bonchev–Trinajstić information content (AvgIpc) is 3.96. The number of amidine groups is 1. The van der Waals surface area contributed by atoms with Gasteiger partial charge in [-0.25, -0.2) is 4.99 Å². The first-order valence-corrected chi connectivity index (χ1v) is 19.7. The van der Waals surface area contributed by atoms with Crippen LogP contribution in [0.15, 0.2) is 184 Å². The lowest BCUT2D eigenvalue weighted by Crippen LogP contribution is -2.44. The summed E-state index contributed by atoms with van der Waals surface area (Å²) in [7, 11) is 0. The molecule has 272 valence electrons. The van der Waals surface area contributed by atoms with Crippen molar-refractivity contribution in [3.8, 4) is 5.69 Å². The molecule has 6 heteroatoms. The van der Waals surface area contributed by atoms with Gasteiger partial charge in [0.2, 0.25) is 0 Å². The summed E-state index contributed by atoms with van der Waals surface area (Å²) in [5, 5.41) is 13.1. The van der Waals surface area contributed by atoms with E-state index in [0.29, 0.717) is 0 Å². The molecule has 57 heavy (non-hydrogen) atoms. The van der Waals surface area contributed by atoms with Gasteiger partial charge < -0.3 is 18.7 Å². The molecule has 1 aliphatic heterocycles. The van der Waals surface area contributed by atoms with Gasteiger partial charge in [0.25, 0.3) is 0 Å². The number of benzene rings is 7. The quantitative estimate of drug-likeness (QED) is 0.185. The second kappa shape index (κ2) is 12.7. The lowest BCUT2D eigenvalue weighted by atomic mass is 9.88. The van der Waals surface area contributed by atoms with Crippen LogP contribution >= 0.6 is 0 Å². The molecular formula is C51H36N4O2. The van der Waals surface area contributed by atoms with Crippen molar-refractivity contribution in [1.82, 2.24) is 15.2 Å². The highest BCUT2D eigenvalue weighted by molar-refractivity contribution is 6.15. The van der Waals surface area contributed by atoms with Crippen LogP contribution in [-0.2, 0) is 6.42 Å².